The zero-order valence-corrected chi connectivity index (χ0v) is 9.81. The Kier molecular flexibility index (Phi) is 1.91. The number of nitrogens with one attached hydrogen (secondary N) is 2. The highest BCUT2D eigenvalue weighted by molar-refractivity contribution is 5.94. The molecule has 3 heterocycles. The zero-order valence-electron chi connectivity index (χ0n) is 9.81. The van der Waals surface area contributed by atoms with Gasteiger partial charge in [-0.05, 0) is 23.8 Å². The van der Waals surface area contributed by atoms with Gasteiger partial charge < -0.3 is 9.40 Å². The molecule has 0 spiro atoms. The maximum atomic E-state index is 11.7. The van der Waals surface area contributed by atoms with Gasteiger partial charge in [-0.3, -0.25) is 9.89 Å². The number of nitrogens with zero attached hydrogens (tertiary/aromatic N) is 1. The summed E-state index contributed by atoms with van der Waals surface area (Å²) < 4.78 is 5.43. The summed E-state index contributed by atoms with van der Waals surface area (Å²) >= 11 is 0. The first-order chi connectivity index (χ1) is 9.33. The Hall–Kier alpha value is -2.82. The third kappa shape index (κ3) is 1.41. The fraction of sp³-hybridized carbons (Fsp3) is 0. The first kappa shape index (κ1) is 10.1. The Balaban J connectivity index is 2.05. The van der Waals surface area contributed by atoms with E-state index in [9.17, 15) is 4.79 Å². The van der Waals surface area contributed by atoms with Crippen LogP contribution in [-0.2, 0) is 0 Å². The van der Waals surface area contributed by atoms with Gasteiger partial charge in [0.25, 0.3) is 5.56 Å². The predicted molar refractivity (Wildman–Crippen MR) is 71.9 cm³/mol. The maximum Gasteiger partial charge on any atom is 0.259 e. The molecular formula is C14H9N3O2. The second-order valence-electron chi connectivity index (χ2n) is 4.37. The topological polar surface area (TPSA) is 74.7 Å². The summed E-state index contributed by atoms with van der Waals surface area (Å²) in [4.78, 5) is 14.4. The molecular weight excluding hydrogens is 242 g/mol. The lowest BCUT2D eigenvalue weighted by Crippen LogP contribution is -2.04. The molecule has 0 radical (unpaired) electrons. The molecule has 0 fully saturated rings. The Morgan fingerprint density at radius 1 is 1.21 bits per heavy atom. The Labute approximate surface area is 106 Å². The molecule has 4 aromatic rings. The first-order valence-electron chi connectivity index (χ1n) is 5.85. The molecule has 0 bridgehead atoms. The van der Waals surface area contributed by atoms with Crippen LogP contribution in [0.3, 0.4) is 0 Å². The Morgan fingerprint density at radius 2 is 2.16 bits per heavy atom. The van der Waals surface area contributed by atoms with Crippen LogP contribution in [0.1, 0.15) is 0 Å². The third-order valence-electron chi connectivity index (χ3n) is 3.25. The van der Waals surface area contributed by atoms with E-state index in [2.05, 4.69) is 15.2 Å². The van der Waals surface area contributed by atoms with Crippen molar-refractivity contribution >= 4 is 21.9 Å². The lowest BCUT2D eigenvalue weighted by atomic mass is 10.0. The van der Waals surface area contributed by atoms with Crippen molar-refractivity contribution in [1.82, 2.24) is 15.2 Å². The molecule has 92 valence electrons. The van der Waals surface area contributed by atoms with Crippen LogP contribution in [-0.4, -0.2) is 15.2 Å². The summed E-state index contributed by atoms with van der Waals surface area (Å²) in [5.74, 6) is 0. The quantitative estimate of drug-likeness (QED) is 0.546. The van der Waals surface area contributed by atoms with Crippen LogP contribution in [0.25, 0.3) is 33.0 Å². The van der Waals surface area contributed by atoms with Crippen molar-refractivity contribution < 1.29 is 4.42 Å². The van der Waals surface area contributed by atoms with Gasteiger partial charge in [0.2, 0.25) is 0 Å². The van der Waals surface area contributed by atoms with Crippen LogP contribution in [0.15, 0.2) is 52.1 Å². The van der Waals surface area contributed by atoms with E-state index in [0.717, 1.165) is 22.0 Å². The van der Waals surface area contributed by atoms with E-state index in [-0.39, 0.29) is 5.56 Å². The zero-order chi connectivity index (χ0) is 12.8. The summed E-state index contributed by atoms with van der Waals surface area (Å²) in [6.45, 7) is 0. The van der Waals surface area contributed by atoms with E-state index in [1.807, 2.05) is 18.2 Å². The van der Waals surface area contributed by atoms with Crippen molar-refractivity contribution in [1.29, 1.82) is 0 Å². The van der Waals surface area contributed by atoms with E-state index in [0.29, 0.717) is 11.0 Å². The van der Waals surface area contributed by atoms with E-state index >= 15 is 0 Å². The first-order valence-corrected chi connectivity index (χ1v) is 5.85. The fourth-order valence-corrected chi connectivity index (χ4v) is 2.30. The van der Waals surface area contributed by atoms with Gasteiger partial charge in [0.15, 0.2) is 0 Å². The van der Waals surface area contributed by atoms with Gasteiger partial charge in [0.05, 0.1) is 23.4 Å². The smallest absolute Gasteiger partial charge is 0.259 e. The number of H-pyrrole nitrogens is 2. The molecule has 0 amide bonds. The van der Waals surface area contributed by atoms with Gasteiger partial charge in [0, 0.05) is 17.1 Å². The molecule has 1 aromatic carbocycles. The molecule has 19 heavy (non-hydrogen) atoms. The van der Waals surface area contributed by atoms with Crippen LogP contribution in [0.4, 0.5) is 0 Å². The Bertz CT molecular complexity index is 946. The van der Waals surface area contributed by atoms with Crippen molar-refractivity contribution in [3.8, 4) is 11.1 Å². The molecule has 2 N–H and O–H groups in total. The second kappa shape index (κ2) is 3.58. The molecule has 0 aliphatic carbocycles. The van der Waals surface area contributed by atoms with Crippen LogP contribution in [0, 0.1) is 0 Å². The van der Waals surface area contributed by atoms with Gasteiger partial charge in [-0.25, -0.2) is 0 Å². The average Bonchev–Trinajstić information content (AvgIpc) is 3.07. The van der Waals surface area contributed by atoms with Gasteiger partial charge in [-0.15, -0.1) is 0 Å². The van der Waals surface area contributed by atoms with Crippen LogP contribution in [0.2, 0.25) is 0 Å². The van der Waals surface area contributed by atoms with Crippen LogP contribution < -0.4 is 5.56 Å². The minimum atomic E-state index is -0.142. The molecule has 0 saturated carbocycles. The van der Waals surface area contributed by atoms with E-state index in [4.69, 9.17) is 4.42 Å². The summed E-state index contributed by atoms with van der Waals surface area (Å²) in [7, 11) is 0. The highest BCUT2D eigenvalue weighted by Gasteiger charge is 2.10. The second-order valence-corrected chi connectivity index (χ2v) is 4.37. The molecule has 4 rings (SSSR count). The Morgan fingerprint density at radius 3 is 3.11 bits per heavy atom. The largest absolute Gasteiger partial charge is 0.463 e. The van der Waals surface area contributed by atoms with Crippen LogP contribution in [0.5, 0.6) is 0 Å². The fourth-order valence-electron chi connectivity index (χ4n) is 2.30. The lowest BCUT2D eigenvalue weighted by molar-refractivity contribution is 0.616. The molecule has 5 nitrogen and oxygen atoms in total. The normalized spacial score (nSPS) is 11.4. The SMILES string of the molecule is O=c1[nH]cc(-c2ccc3[nH]ncc3c2)c2occc12. The number of furan rings is 1. The lowest BCUT2D eigenvalue weighted by Gasteiger charge is -2.02. The summed E-state index contributed by atoms with van der Waals surface area (Å²) in [5.41, 5.74) is 3.28. The number of rotatable bonds is 1. The average molecular weight is 251 g/mol. The van der Waals surface area contributed by atoms with Crippen LogP contribution >= 0.6 is 0 Å². The number of aromatic amines is 2. The van der Waals surface area contributed by atoms with Crippen molar-refractivity contribution in [2.24, 2.45) is 0 Å². The summed E-state index contributed by atoms with van der Waals surface area (Å²) in [6.07, 6.45) is 4.97. The number of hydrogen-bond acceptors (Lipinski definition) is 3. The molecule has 5 heteroatoms. The monoisotopic (exact) mass is 251 g/mol. The molecule has 0 aliphatic rings. The highest BCUT2D eigenvalue weighted by Crippen LogP contribution is 2.28. The van der Waals surface area contributed by atoms with Crippen molar-refractivity contribution in [2.75, 3.05) is 0 Å². The number of aromatic nitrogens is 3. The molecule has 0 atom stereocenters. The third-order valence-corrected chi connectivity index (χ3v) is 3.25. The van der Waals surface area contributed by atoms with Gasteiger partial charge >= 0.3 is 0 Å². The van der Waals surface area contributed by atoms with Crippen molar-refractivity contribution in [3.05, 3.63) is 53.3 Å². The van der Waals surface area contributed by atoms with Crippen molar-refractivity contribution in [2.45, 2.75) is 0 Å². The predicted octanol–water partition coefficient (Wildman–Crippen LogP) is 2.66. The summed E-state index contributed by atoms with van der Waals surface area (Å²) in [6, 6.07) is 7.61. The van der Waals surface area contributed by atoms with E-state index in [1.54, 1.807) is 18.5 Å². The van der Waals surface area contributed by atoms with E-state index < -0.39 is 0 Å². The highest BCUT2D eigenvalue weighted by atomic mass is 16.3. The number of pyridine rings is 1. The molecule has 0 unspecified atom stereocenters. The number of fused-ring (bicyclic) bond motifs is 2. The number of benzene rings is 1. The van der Waals surface area contributed by atoms with E-state index in [1.165, 1.54) is 6.26 Å². The molecule has 3 aromatic heterocycles. The summed E-state index contributed by atoms with van der Waals surface area (Å²) in [5, 5.41) is 8.48. The van der Waals surface area contributed by atoms with Gasteiger partial charge in [0.1, 0.15) is 5.58 Å². The van der Waals surface area contributed by atoms with Gasteiger partial charge in [-0.2, -0.15) is 5.10 Å². The minimum absolute atomic E-state index is 0.142. The van der Waals surface area contributed by atoms with Crippen molar-refractivity contribution in [3.63, 3.8) is 0 Å². The molecule has 0 aliphatic heterocycles. The standard InChI is InChI=1S/C14H9N3O2/c18-14-10-3-4-19-13(10)11(7-15-14)8-1-2-12-9(5-8)6-16-17-12/h1-7H,(H,15,18)(H,16,17). The number of hydrogen-bond donors (Lipinski definition) is 2. The molecule has 0 saturated heterocycles. The minimum Gasteiger partial charge on any atom is -0.463 e. The maximum absolute atomic E-state index is 11.7. The van der Waals surface area contributed by atoms with Gasteiger partial charge in [-0.1, -0.05) is 6.07 Å².